The molecule has 0 aliphatic carbocycles. The number of hydrogen-bond acceptors (Lipinski definition) is 14. The van der Waals surface area contributed by atoms with Crippen molar-refractivity contribution in [3.05, 3.63) is 180 Å². The number of hydrogen-bond donors (Lipinski definition) is 1. The Hall–Kier alpha value is -6.78. The van der Waals surface area contributed by atoms with Crippen molar-refractivity contribution in [3.63, 3.8) is 0 Å². The van der Waals surface area contributed by atoms with Crippen LogP contribution in [0.15, 0.2) is 152 Å². The number of nitrogens with one attached hydrogen (secondary N) is 1. The summed E-state index contributed by atoms with van der Waals surface area (Å²) >= 11 is 0. The fourth-order valence-corrected chi connectivity index (χ4v) is 10.0. The number of nitrogens with zero attached hydrogens (tertiary/aromatic N) is 4. The molecule has 8 rings (SSSR count). The Balaban J connectivity index is 1.26. The van der Waals surface area contributed by atoms with Gasteiger partial charge in [-0.1, -0.05) is 91.0 Å². The lowest BCUT2D eigenvalue weighted by atomic mass is 9.80. The van der Waals surface area contributed by atoms with Crippen molar-refractivity contribution < 1.29 is 51.6 Å². The topological polar surface area (TPSA) is 181 Å². The summed E-state index contributed by atoms with van der Waals surface area (Å²) in [6.45, 7) is 6.76. The van der Waals surface area contributed by atoms with Gasteiger partial charge in [0.1, 0.15) is 42.0 Å². The third kappa shape index (κ3) is 10.9. The number of methoxy groups -OCH3 is 2. The van der Waals surface area contributed by atoms with Crippen molar-refractivity contribution >= 4 is 36.5 Å². The maximum absolute atomic E-state index is 14.5. The third-order valence-corrected chi connectivity index (χ3v) is 13.2. The zero-order valence-corrected chi connectivity index (χ0v) is 39.9. The quantitative estimate of drug-likeness (QED) is 0.0433. The Morgan fingerprint density at radius 1 is 0.696 bits per heavy atom. The number of amides is 1. The first-order valence-corrected chi connectivity index (χ1v) is 24.2. The highest BCUT2D eigenvalue weighted by atomic mass is 31.2. The molecule has 1 aliphatic rings. The molecule has 3 heterocycles. The minimum absolute atomic E-state index is 0.141. The molecule has 358 valence electrons. The normalized spacial score (nSPS) is 17.3. The zero-order chi connectivity index (χ0) is 48.5. The molecule has 0 radical (unpaired) electrons. The number of esters is 1. The van der Waals surface area contributed by atoms with Crippen molar-refractivity contribution in [1.29, 1.82) is 0 Å². The molecule has 1 amide bonds. The highest BCUT2D eigenvalue weighted by molar-refractivity contribution is 7.53. The number of benzene rings is 5. The van der Waals surface area contributed by atoms with Gasteiger partial charge in [-0.05, 0) is 92.9 Å². The van der Waals surface area contributed by atoms with Gasteiger partial charge in [-0.3, -0.25) is 13.9 Å². The number of imidazole rings is 1. The van der Waals surface area contributed by atoms with Crippen LogP contribution >= 0.6 is 7.60 Å². The van der Waals surface area contributed by atoms with E-state index in [1.807, 2.05) is 84.9 Å². The molecule has 0 saturated carbocycles. The average molecular weight is 956 g/mol. The summed E-state index contributed by atoms with van der Waals surface area (Å²) in [6, 6.07) is 42.1. The molecular formula is C52H54N5O11P. The monoisotopic (exact) mass is 955 g/mol. The lowest BCUT2D eigenvalue weighted by Crippen LogP contribution is -2.42. The van der Waals surface area contributed by atoms with E-state index in [1.54, 1.807) is 101 Å². The number of ether oxygens (including phenoxy) is 6. The first kappa shape index (κ1) is 48.7. The minimum atomic E-state index is -3.97. The Bertz CT molecular complexity index is 2790. The molecule has 7 aromatic rings. The Kier molecular flexibility index (Phi) is 15.3. The minimum Gasteiger partial charge on any atom is -0.497 e. The first-order valence-electron chi connectivity index (χ1n) is 22.4. The predicted molar refractivity (Wildman–Crippen MR) is 257 cm³/mol. The van der Waals surface area contributed by atoms with Gasteiger partial charge >= 0.3 is 13.6 Å². The van der Waals surface area contributed by atoms with Gasteiger partial charge in [-0.15, -0.1) is 0 Å². The second kappa shape index (κ2) is 21.7. The van der Waals surface area contributed by atoms with Crippen LogP contribution in [0.25, 0.3) is 11.2 Å². The van der Waals surface area contributed by atoms with Crippen molar-refractivity contribution in [2.45, 2.75) is 70.0 Å². The third-order valence-electron chi connectivity index (χ3n) is 11.2. The molecular weight excluding hydrogens is 902 g/mol. The lowest BCUT2D eigenvalue weighted by Gasteiger charge is -2.37. The molecule has 1 saturated heterocycles. The van der Waals surface area contributed by atoms with E-state index in [9.17, 15) is 14.2 Å². The molecule has 0 unspecified atom stereocenters. The second-order valence-corrected chi connectivity index (χ2v) is 18.6. The zero-order valence-electron chi connectivity index (χ0n) is 39.0. The molecule has 4 atom stereocenters. The molecule has 17 heteroatoms. The van der Waals surface area contributed by atoms with Crippen molar-refractivity contribution in [2.24, 2.45) is 0 Å². The van der Waals surface area contributed by atoms with Crippen molar-refractivity contribution in [2.75, 3.05) is 32.5 Å². The van der Waals surface area contributed by atoms with Crippen LogP contribution in [0.4, 0.5) is 5.82 Å². The van der Waals surface area contributed by atoms with Crippen LogP contribution in [0.2, 0.25) is 0 Å². The summed E-state index contributed by atoms with van der Waals surface area (Å²) in [4.78, 5) is 41.2. The fourth-order valence-electron chi connectivity index (χ4n) is 8.24. The average Bonchev–Trinajstić information content (AvgIpc) is 3.95. The standard InChI is InChI=1S/C52H54N5O11P/c1-34(2)67-69(60,68-35(3)4)33-63-46-45(66-51(59)37-18-12-8-13-19-37)43(65-50(46)57-32-55-44-47(53-31-54-48(44)57)56-49(58)36-16-10-7-11-17-36)30-64-52(38-20-14-9-15-21-38,39-22-26-41(61-5)27-23-39)40-24-28-42(62-6)29-25-40/h7-29,31-32,34-35,43,45-46,50H,30,33H2,1-6H3,(H,53,54,56,58)/t43-,45+,46-,50-/m1/s1. The van der Waals surface area contributed by atoms with Crippen molar-refractivity contribution in [3.8, 4) is 11.5 Å². The van der Waals surface area contributed by atoms with Gasteiger partial charge in [0.25, 0.3) is 5.91 Å². The smallest absolute Gasteiger partial charge is 0.356 e. The van der Waals surface area contributed by atoms with Gasteiger partial charge in [0.05, 0.1) is 44.9 Å². The molecule has 0 bridgehead atoms. The summed E-state index contributed by atoms with van der Waals surface area (Å²) in [7, 11) is -0.771. The van der Waals surface area contributed by atoms with Crippen LogP contribution in [0.3, 0.4) is 0 Å². The summed E-state index contributed by atoms with van der Waals surface area (Å²) in [5, 5.41) is 2.84. The van der Waals surface area contributed by atoms with E-state index < -0.39 is 68.2 Å². The highest BCUT2D eigenvalue weighted by Crippen LogP contribution is 2.52. The Labute approximate surface area is 400 Å². The SMILES string of the molecule is COc1ccc(C(OC[C@H]2O[C@@H](n3cnc4c(NC(=O)c5ccccc5)ncnc43)[C@H](OCP(=O)(OC(C)C)OC(C)C)[C@H]2OC(=O)c2ccccc2)(c2ccccc2)c2ccc(OC)cc2)cc1. The molecule has 1 N–H and O–H groups in total. The number of fused-ring (bicyclic) bond motifs is 1. The van der Waals surface area contributed by atoms with Crippen LogP contribution in [0, 0.1) is 0 Å². The number of aromatic nitrogens is 4. The van der Waals surface area contributed by atoms with Crippen LogP contribution in [-0.2, 0) is 38.2 Å². The number of carbonyl (C=O) groups is 2. The van der Waals surface area contributed by atoms with Gasteiger partial charge in [0, 0.05) is 5.56 Å². The van der Waals surface area contributed by atoms with Gasteiger partial charge in [0.2, 0.25) is 0 Å². The predicted octanol–water partition coefficient (Wildman–Crippen LogP) is 9.61. The first-order chi connectivity index (χ1) is 33.4. The highest BCUT2D eigenvalue weighted by Gasteiger charge is 2.52. The summed E-state index contributed by atoms with van der Waals surface area (Å²) in [5.74, 6) is 0.346. The maximum atomic E-state index is 14.5. The molecule has 0 spiro atoms. The Morgan fingerprint density at radius 3 is 1.78 bits per heavy atom. The van der Waals surface area contributed by atoms with E-state index in [0.717, 1.165) is 16.7 Å². The molecule has 69 heavy (non-hydrogen) atoms. The van der Waals surface area contributed by atoms with Crippen molar-refractivity contribution in [1.82, 2.24) is 19.5 Å². The van der Waals surface area contributed by atoms with Gasteiger partial charge < -0.3 is 42.8 Å². The molecule has 1 fully saturated rings. The van der Waals surface area contributed by atoms with Gasteiger partial charge in [-0.25, -0.2) is 19.7 Å². The molecule has 1 aliphatic heterocycles. The van der Waals surface area contributed by atoms with Crippen LogP contribution in [-0.4, -0.2) is 89.1 Å². The Morgan fingerprint density at radius 2 is 1.23 bits per heavy atom. The van der Waals surface area contributed by atoms with E-state index in [2.05, 4.69) is 20.3 Å². The molecule has 16 nitrogen and oxygen atoms in total. The van der Waals surface area contributed by atoms with Crippen LogP contribution in [0.1, 0.15) is 71.3 Å². The van der Waals surface area contributed by atoms with Crippen LogP contribution in [0.5, 0.6) is 11.5 Å². The second-order valence-electron chi connectivity index (χ2n) is 16.7. The van der Waals surface area contributed by atoms with E-state index in [1.165, 1.54) is 12.7 Å². The number of carbonyl (C=O) groups excluding carboxylic acids is 2. The van der Waals surface area contributed by atoms with Crippen LogP contribution < -0.4 is 14.8 Å². The van der Waals surface area contributed by atoms with E-state index >= 15 is 0 Å². The number of anilines is 1. The summed E-state index contributed by atoms with van der Waals surface area (Å²) < 4.78 is 66.5. The molecule has 2 aromatic heterocycles. The van der Waals surface area contributed by atoms with E-state index in [-0.39, 0.29) is 29.2 Å². The van der Waals surface area contributed by atoms with Gasteiger partial charge in [0.15, 0.2) is 29.3 Å². The lowest BCUT2D eigenvalue weighted by molar-refractivity contribution is -0.0967. The van der Waals surface area contributed by atoms with Gasteiger partial charge in [-0.2, -0.15) is 0 Å². The summed E-state index contributed by atoms with van der Waals surface area (Å²) in [5.41, 5.74) is 2.14. The molecule has 5 aromatic carbocycles. The van der Waals surface area contributed by atoms with E-state index in [0.29, 0.717) is 17.1 Å². The summed E-state index contributed by atoms with van der Waals surface area (Å²) in [6.07, 6.45) is -3.52. The fraction of sp³-hybridized carbons (Fsp3) is 0.288. The van der Waals surface area contributed by atoms with E-state index in [4.69, 9.17) is 37.5 Å². The largest absolute Gasteiger partial charge is 0.497 e. The maximum Gasteiger partial charge on any atom is 0.356 e. The number of rotatable bonds is 20.